The molecular formula is C15H21BrN4O2S. The van der Waals surface area contributed by atoms with Crippen molar-refractivity contribution in [2.75, 3.05) is 26.4 Å². The smallest absolute Gasteiger partial charge is 0.211 e. The molecule has 0 aromatic carbocycles. The highest BCUT2D eigenvalue weighted by atomic mass is 79.9. The third kappa shape index (κ3) is 3.93. The van der Waals surface area contributed by atoms with Crippen molar-refractivity contribution in [2.24, 2.45) is 0 Å². The molecule has 1 aliphatic heterocycles. The van der Waals surface area contributed by atoms with Crippen molar-refractivity contribution in [3.63, 3.8) is 0 Å². The van der Waals surface area contributed by atoms with Crippen molar-refractivity contribution < 1.29 is 8.42 Å². The second kappa shape index (κ2) is 6.51. The Kier molecular flexibility index (Phi) is 4.78. The average Bonchev–Trinajstić information content (AvgIpc) is 2.87. The molecule has 0 unspecified atom stereocenters. The zero-order chi connectivity index (χ0) is 16.6. The fourth-order valence-corrected chi connectivity index (χ4v) is 4.14. The molecule has 2 aromatic heterocycles. The number of likely N-dealkylation sites (tertiary alicyclic amines) is 1. The monoisotopic (exact) mass is 400 g/mol. The van der Waals surface area contributed by atoms with Gasteiger partial charge in [-0.3, -0.25) is 4.90 Å². The van der Waals surface area contributed by atoms with Crippen LogP contribution in [0.5, 0.6) is 0 Å². The fraction of sp³-hybridized carbons (Fsp3) is 0.533. The summed E-state index contributed by atoms with van der Waals surface area (Å²) in [4.78, 5) is 6.97. The number of hydrogen-bond donors (Lipinski definition) is 0. The number of aromatic nitrogens is 2. The van der Waals surface area contributed by atoms with Crippen LogP contribution in [-0.4, -0.2) is 59.4 Å². The quantitative estimate of drug-likeness (QED) is 0.786. The minimum absolute atomic E-state index is 0.110. The van der Waals surface area contributed by atoms with E-state index in [0.29, 0.717) is 0 Å². The fourth-order valence-electron chi connectivity index (χ4n) is 3.03. The van der Waals surface area contributed by atoms with E-state index in [1.807, 2.05) is 22.7 Å². The van der Waals surface area contributed by atoms with Crippen molar-refractivity contribution in [3.8, 4) is 0 Å². The Morgan fingerprint density at radius 3 is 2.65 bits per heavy atom. The van der Waals surface area contributed by atoms with Gasteiger partial charge in [0.2, 0.25) is 10.0 Å². The summed E-state index contributed by atoms with van der Waals surface area (Å²) in [6.07, 6.45) is 7.05. The third-order valence-electron chi connectivity index (χ3n) is 4.44. The molecular weight excluding hydrogens is 380 g/mol. The van der Waals surface area contributed by atoms with E-state index < -0.39 is 10.0 Å². The molecule has 2 aromatic rings. The summed E-state index contributed by atoms with van der Waals surface area (Å²) in [6.45, 7) is 2.58. The first-order valence-corrected chi connectivity index (χ1v) is 10.3. The highest BCUT2D eigenvalue weighted by Crippen LogP contribution is 2.19. The minimum Gasteiger partial charge on any atom is -0.306 e. The molecule has 126 valence electrons. The second-order valence-corrected chi connectivity index (χ2v) is 9.09. The molecule has 0 atom stereocenters. The number of halogens is 1. The van der Waals surface area contributed by atoms with Gasteiger partial charge in [-0.2, -0.15) is 0 Å². The van der Waals surface area contributed by atoms with Crippen LogP contribution in [0.15, 0.2) is 29.0 Å². The lowest BCUT2D eigenvalue weighted by Gasteiger charge is -2.35. The van der Waals surface area contributed by atoms with E-state index in [0.717, 1.165) is 48.3 Å². The van der Waals surface area contributed by atoms with Gasteiger partial charge in [0, 0.05) is 49.6 Å². The maximum Gasteiger partial charge on any atom is 0.211 e. The lowest BCUT2D eigenvalue weighted by atomic mass is 10.1. The summed E-state index contributed by atoms with van der Waals surface area (Å²) in [5, 5.41) is 0. The lowest BCUT2D eigenvalue weighted by Crippen LogP contribution is -2.44. The summed E-state index contributed by atoms with van der Waals surface area (Å²) in [5.41, 5.74) is 1.98. The van der Waals surface area contributed by atoms with E-state index in [4.69, 9.17) is 0 Å². The Morgan fingerprint density at radius 1 is 1.30 bits per heavy atom. The molecule has 0 radical (unpaired) electrons. The number of nitrogens with zero attached hydrogens (tertiary/aromatic N) is 4. The maximum atomic E-state index is 11.6. The van der Waals surface area contributed by atoms with Crippen LogP contribution in [-0.2, 0) is 16.6 Å². The molecule has 0 amide bonds. The van der Waals surface area contributed by atoms with Crippen LogP contribution in [0.25, 0.3) is 5.65 Å². The highest BCUT2D eigenvalue weighted by Gasteiger charge is 2.27. The van der Waals surface area contributed by atoms with E-state index >= 15 is 0 Å². The van der Waals surface area contributed by atoms with E-state index in [1.54, 1.807) is 7.05 Å². The normalized spacial score (nSPS) is 18.1. The number of hydrogen-bond acceptors (Lipinski definition) is 4. The van der Waals surface area contributed by atoms with Crippen LogP contribution in [0.2, 0.25) is 0 Å². The van der Waals surface area contributed by atoms with E-state index in [2.05, 4.69) is 32.0 Å². The van der Waals surface area contributed by atoms with Crippen molar-refractivity contribution in [3.05, 3.63) is 34.7 Å². The van der Waals surface area contributed by atoms with Gasteiger partial charge in [-0.05, 0) is 40.9 Å². The number of piperidine rings is 1. The van der Waals surface area contributed by atoms with Gasteiger partial charge in [0.25, 0.3) is 0 Å². The van der Waals surface area contributed by atoms with Gasteiger partial charge in [-0.15, -0.1) is 0 Å². The van der Waals surface area contributed by atoms with Crippen LogP contribution in [0, 0.1) is 0 Å². The number of imidazole rings is 1. The molecule has 3 rings (SSSR count). The van der Waals surface area contributed by atoms with E-state index in [-0.39, 0.29) is 6.04 Å². The van der Waals surface area contributed by atoms with Crippen molar-refractivity contribution in [2.45, 2.75) is 25.4 Å². The second-order valence-electron chi connectivity index (χ2n) is 6.13. The summed E-state index contributed by atoms with van der Waals surface area (Å²) >= 11 is 3.46. The Morgan fingerprint density at radius 2 is 2.00 bits per heavy atom. The van der Waals surface area contributed by atoms with Gasteiger partial charge < -0.3 is 4.40 Å². The van der Waals surface area contributed by atoms with Gasteiger partial charge >= 0.3 is 0 Å². The molecule has 1 fully saturated rings. The van der Waals surface area contributed by atoms with Gasteiger partial charge in [0.05, 0.1) is 11.9 Å². The molecule has 8 heteroatoms. The van der Waals surface area contributed by atoms with Gasteiger partial charge in [0.15, 0.2) is 0 Å². The molecule has 6 nitrogen and oxygen atoms in total. The predicted molar refractivity (Wildman–Crippen MR) is 93.8 cm³/mol. The maximum absolute atomic E-state index is 11.6. The Balaban J connectivity index is 1.62. The number of sulfonamides is 1. The summed E-state index contributed by atoms with van der Waals surface area (Å²) in [5.74, 6) is 0. The summed E-state index contributed by atoms with van der Waals surface area (Å²) in [6, 6.07) is 4.08. The Labute approximate surface area is 145 Å². The number of fused-ring (bicyclic) bond motifs is 1. The highest BCUT2D eigenvalue weighted by molar-refractivity contribution is 9.10. The van der Waals surface area contributed by atoms with E-state index in [1.165, 1.54) is 10.6 Å². The SMILES string of the molecule is CN(C1CCN(Cc2cn3cc(Br)ccc3n2)CC1)S(C)(=O)=O. The first kappa shape index (κ1) is 16.9. The molecule has 23 heavy (non-hydrogen) atoms. The standard InChI is InChI=1S/C15H21BrN4O2S/c1-18(23(2,21)22)14-5-7-19(8-6-14)10-13-11-20-9-12(16)3-4-15(20)17-13/h3-4,9,11,14H,5-8,10H2,1-2H3. The molecule has 0 aliphatic carbocycles. The van der Waals surface area contributed by atoms with Crippen molar-refractivity contribution in [1.82, 2.24) is 18.6 Å². The van der Waals surface area contributed by atoms with Gasteiger partial charge in [-0.25, -0.2) is 17.7 Å². The number of pyridine rings is 1. The minimum atomic E-state index is -3.11. The van der Waals surface area contributed by atoms with Gasteiger partial charge in [0.1, 0.15) is 5.65 Å². The van der Waals surface area contributed by atoms with Crippen LogP contribution in [0.4, 0.5) is 0 Å². The lowest BCUT2D eigenvalue weighted by molar-refractivity contribution is 0.163. The molecule has 1 aliphatic rings. The first-order valence-electron chi connectivity index (χ1n) is 7.61. The van der Waals surface area contributed by atoms with Crippen LogP contribution in [0.3, 0.4) is 0 Å². The first-order chi connectivity index (χ1) is 10.8. The van der Waals surface area contributed by atoms with Crippen LogP contribution >= 0.6 is 15.9 Å². The summed E-state index contributed by atoms with van der Waals surface area (Å²) < 4.78 is 27.8. The van der Waals surface area contributed by atoms with Crippen LogP contribution < -0.4 is 0 Å². The molecule has 3 heterocycles. The Hall–Kier alpha value is -0.960. The van der Waals surface area contributed by atoms with Crippen LogP contribution in [0.1, 0.15) is 18.5 Å². The molecule has 0 saturated carbocycles. The molecule has 1 saturated heterocycles. The number of rotatable bonds is 4. The van der Waals surface area contributed by atoms with Crippen molar-refractivity contribution in [1.29, 1.82) is 0 Å². The average molecular weight is 401 g/mol. The largest absolute Gasteiger partial charge is 0.306 e. The zero-order valence-corrected chi connectivity index (χ0v) is 15.7. The predicted octanol–water partition coefficient (Wildman–Crippen LogP) is 1.95. The molecule has 0 N–H and O–H groups in total. The third-order valence-corrected chi connectivity index (χ3v) is 6.26. The Bertz CT molecular complexity index is 797. The topological polar surface area (TPSA) is 57.9 Å². The van der Waals surface area contributed by atoms with Crippen molar-refractivity contribution >= 4 is 31.6 Å². The van der Waals surface area contributed by atoms with E-state index in [9.17, 15) is 8.42 Å². The van der Waals surface area contributed by atoms with Gasteiger partial charge in [-0.1, -0.05) is 0 Å². The molecule has 0 spiro atoms. The summed E-state index contributed by atoms with van der Waals surface area (Å²) in [7, 11) is -1.43. The molecule has 0 bridgehead atoms. The zero-order valence-electron chi connectivity index (χ0n) is 13.3.